The van der Waals surface area contributed by atoms with Gasteiger partial charge in [0.15, 0.2) is 0 Å². The number of nitrogens with zero attached hydrogens (tertiary/aromatic N) is 1. The van der Waals surface area contributed by atoms with Crippen molar-refractivity contribution in [3.8, 4) is 0 Å². The normalized spacial score (nSPS) is 17.8. The van der Waals surface area contributed by atoms with Crippen LogP contribution in [0.25, 0.3) is 0 Å². The van der Waals surface area contributed by atoms with Crippen molar-refractivity contribution in [2.75, 3.05) is 14.2 Å². The number of halogens is 2. The number of carbonyl (C=O) groups excluding carboxylic acids is 1. The molecule has 2 heterocycles. The zero-order chi connectivity index (χ0) is 19.4. The molecule has 0 aromatic carbocycles. The molecule has 1 aliphatic carbocycles. The molecule has 0 radical (unpaired) electrons. The molecule has 0 amide bonds. The summed E-state index contributed by atoms with van der Waals surface area (Å²) in [5.41, 5.74) is 6.00. The highest BCUT2D eigenvalue weighted by atomic mass is 19.3. The lowest BCUT2D eigenvalue weighted by molar-refractivity contribution is -0.741. The summed E-state index contributed by atoms with van der Waals surface area (Å²) in [6.07, 6.45) is 2.90. The van der Waals surface area contributed by atoms with Crippen LogP contribution in [-0.2, 0) is 23.9 Å². The number of carbonyl (C=O) groups is 1. The lowest BCUT2D eigenvalue weighted by Crippen LogP contribution is -2.32. The van der Waals surface area contributed by atoms with Crippen molar-refractivity contribution in [3.05, 3.63) is 46.2 Å². The van der Waals surface area contributed by atoms with Crippen molar-refractivity contribution in [1.82, 2.24) is 5.48 Å². The zero-order valence-corrected chi connectivity index (χ0v) is 15.2. The topological polar surface area (TPSA) is 69.0 Å². The van der Waals surface area contributed by atoms with Gasteiger partial charge < -0.3 is 9.47 Å². The summed E-state index contributed by atoms with van der Waals surface area (Å²) in [5, 5.41) is 0. The third-order valence-electron chi connectivity index (χ3n) is 3.94. The number of hydroxylamine groups is 2. The van der Waals surface area contributed by atoms with Gasteiger partial charge in [-0.15, -0.1) is 0 Å². The van der Waals surface area contributed by atoms with Crippen LogP contribution in [0.4, 0.5) is 8.78 Å². The highest BCUT2D eigenvalue weighted by Gasteiger charge is 2.39. The number of nitrogens with one attached hydrogen (secondary N) is 1. The molecule has 0 unspecified atom stereocenters. The molecule has 0 aromatic heterocycles. The van der Waals surface area contributed by atoms with Crippen molar-refractivity contribution in [1.29, 1.82) is 0 Å². The van der Waals surface area contributed by atoms with Gasteiger partial charge in [-0.25, -0.2) is 9.63 Å². The van der Waals surface area contributed by atoms with E-state index in [9.17, 15) is 13.6 Å². The van der Waals surface area contributed by atoms with Crippen LogP contribution in [0.15, 0.2) is 46.2 Å². The molecular weight excluding hydrogens is 350 g/mol. The van der Waals surface area contributed by atoms with E-state index in [0.717, 1.165) is 22.7 Å². The van der Waals surface area contributed by atoms with Crippen LogP contribution >= 0.6 is 0 Å². The Bertz CT molecular complexity index is 763. The Hall–Kier alpha value is -2.68. The summed E-state index contributed by atoms with van der Waals surface area (Å²) in [6.45, 7) is 2.40. The predicted octanol–water partition coefficient (Wildman–Crippen LogP) is 2.69. The molecule has 0 fully saturated rings. The Morgan fingerprint density at radius 2 is 2.08 bits per heavy atom. The second-order valence-corrected chi connectivity index (χ2v) is 5.63. The SMILES string of the molecule is CONC(C)=C(C)[N+]1=C2C=C(C)C(=C(C(=COC(F)F)C(=O)OC)C2)O1. The number of allylic oxidation sites excluding steroid dienone is 4. The minimum absolute atomic E-state index is 0.110. The third kappa shape index (κ3) is 3.93. The predicted molar refractivity (Wildman–Crippen MR) is 87.5 cm³/mol. The van der Waals surface area contributed by atoms with Gasteiger partial charge in [-0.1, -0.05) is 0 Å². The van der Waals surface area contributed by atoms with Gasteiger partial charge in [-0.2, -0.15) is 8.78 Å². The Labute approximate surface area is 149 Å². The van der Waals surface area contributed by atoms with Crippen molar-refractivity contribution < 1.29 is 37.5 Å². The maximum absolute atomic E-state index is 12.4. The molecule has 3 aliphatic rings. The van der Waals surface area contributed by atoms with E-state index in [4.69, 9.17) is 9.68 Å². The third-order valence-corrected chi connectivity index (χ3v) is 3.94. The summed E-state index contributed by atoms with van der Waals surface area (Å²) >= 11 is 0. The number of ether oxygens (including phenoxy) is 2. The van der Waals surface area contributed by atoms with Gasteiger partial charge in [0.1, 0.15) is 17.5 Å². The Kier molecular flexibility index (Phi) is 6.14. The Morgan fingerprint density at radius 3 is 2.62 bits per heavy atom. The molecule has 26 heavy (non-hydrogen) atoms. The molecule has 0 spiro atoms. The molecule has 9 heteroatoms. The number of rotatable bonds is 7. The van der Waals surface area contributed by atoms with E-state index in [-0.39, 0.29) is 12.0 Å². The summed E-state index contributed by atoms with van der Waals surface area (Å²) in [7, 11) is 2.66. The Balaban J connectivity index is 2.45. The largest absolute Gasteiger partial charge is 0.465 e. The average Bonchev–Trinajstić information content (AvgIpc) is 2.60. The number of methoxy groups -OCH3 is 1. The average molecular weight is 371 g/mol. The smallest absolute Gasteiger partial charge is 0.386 e. The Morgan fingerprint density at radius 1 is 1.38 bits per heavy atom. The van der Waals surface area contributed by atoms with E-state index < -0.39 is 12.6 Å². The molecule has 142 valence electrons. The quantitative estimate of drug-likeness (QED) is 0.244. The first kappa shape index (κ1) is 19.6. The van der Waals surface area contributed by atoms with Gasteiger partial charge in [-0.05, 0) is 13.8 Å². The van der Waals surface area contributed by atoms with E-state index >= 15 is 0 Å². The molecule has 0 aromatic rings. The fourth-order valence-electron chi connectivity index (χ4n) is 2.63. The fraction of sp³-hybridized carbons (Fsp3) is 0.412. The lowest BCUT2D eigenvalue weighted by Gasteiger charge is -2.24. The van der Waals surface area contributed by atoms with Crippen molar-refractivity contribution in [3.63, 3.8) is 0 Å². The van der Waals surface area contributed by atoms with Crippen LogP contribution < -0.4 is 5.48 Å². The monoisotopic (exact) mass is 371 g/mol. The highest BCUT2D eigenvalue weighted by molar-refractivity contribution is 6.02. The number of hydrogen-bond donors (Lipinski definition) is 1. The van der Waals surface area contributed by atoms with Crippen molar-refractivity contribution in [2.45, 2.75) is 33.8 Å². The number of esters is 1. The molecule has 3 rings (SSSR count). The standard InChI is InChI=1S/C17H21F2N2O5/c1-9-6-12-7-13(14(16(22)23-4)8-25-17(18)19)15(9)26-21(12)11(3)10(2)20-24-5/h6,8,17,20H,7H2,1-5H3/q+1. The molecule has 2 aliphatic heterocycles. The van der Waals surface area contributed by atoms with Crippen LogP contribution in [0.2, 0.25) is 0 Å². The van der Waals surface area contributed by atoms with Crippen LogP contribution in [0, 0.1) is 0 Å². The minimum atomic E-state index is -3.05. The van der Waals surface area contributed by atoms with E-state index in [0.29, 0.717) is 17.6 Å². The summed E-state index contributed by atoms with van der Waals surface area (Å²) in [5.74, 6) is -0.396. The summed E-state index contributed by atoms with van der Waals surface area (Å²) < 4.78 is 35.3. The molecular formula is C17H21F2N2O5+. The van der Waals surface area contributed by atoms with Gasteiger partial charge in [0.05, 0.1) is 20.6 Å². The maximum atomic E-state index is 12.4. The van der Waals surface area contributed by atoms with Gasteiger partial charge >= 0.3 is 12.6 Å². The number of fused-ring (bicyclic) bond motifs is 2. The lowest BCUT2D eigenvalue weighted by atomic mass is 9.90. The van der Waals surface area contributed by atoms with Gasteiger partial charge in [0.25, 0.3) is 5.70 Å². The van der Waals surface area contributed by atoms with Gasteiger partial charge in [-0.3, -0.25) is 10.3 Å². The second-order valence-electron chi connectivity index (χ2n) is 5.63. The first-order valence-corrected chi connectivity index (χ1v) is 7.74. The van der Waals surface area contributed by atoms with Crippen LogP contribution in [0.1, 0.15) is 27.2 Å². The molecule has 0 saturated carbocycles. The van der Waals surface area contributed by atoms with E-state index in [2.05, 4.69) is 15.0 Å². The summed E-state index contributed by atoms with van der Waals surface area (Å²) in [6, 6.07) is 0. The van der Waals surface area contributed by atoms with Crippen LogP contribution in [-0.4, -0.2) is 37.3 Å². The van der Waals surface area contributed by atoms with Crippen molar-refractivity contribution in [2.24, 2.45) is 0 Å². The van der Waals surface area contributed by atoms with Crippen molar-refractivity contribution >= 4 is 11.7 Å². The molecule has 7 nitrogen and oxygen atoms in total. The second kappa shape index (κ2) is 8.13. The van der Waals surface area contributed by atoms with Crippen LogP contribution in [0.3, 0.4) is 0 Å². The van der Waals surface area contributed by atoms with Crippen LogP contribution in [0.5, 0.6) is 0 Å². The molecule has 1 N–H and O–H groups in total. The van der Waals surface area contributed by atoms with Gasteiger partial charge in [0.2, 0.25) is 11.5 Å². The molecule has 0 saturated heterocycles. The first-order chi connectivity index (χ1) is 12.3. The minimum Gasteiger partial charge on any atom is -0.465 e. The zero-order valence-electron chi connectivity index (χ0n) is 15.2. The fourth-order valence-corrected chi connectivity index (χ4v) is 2.63. The maximum Gasteiger partial charge on any atom is 0.386 e. The van der Waals surface area contributed by atoms with Gasteiger partial charge in [0, 0.05) is 28.9 Å². The van der Waals surface area contributed by atoms with E-state index in [1.54, 1.807) is 11.7 Å². The number of alkyl halides is 2. The molecule has 2 bridgehead atoms. The van der Waals surface area contributed by atoms with E-state index in [1.807, 2.05) is 19.9 Å². The first-order valence-electron chi connectivity index (χ1n) is 7.74. The van der Waals surface area contributed by atoms with E-state index in [1.165, 1.54) is 14.2 Å². The molecule has 0 atom stereocenters. The summed E-state index contributed by atoms with van der Waals surface area (Å²) in [4.78, 5) is 22.8. The highest BCUT2D eigenvalue weighted by Crippen LogP contribution is 2.35. The number of hydrogen-bond acceptors (Lipinski definition) is 6.